The molecule has 0 spiro atoms. The fourth-order valence-electron chi connectivity index (χ4n) is 3.50. The van der Waals surface area contributed by atoms with Crippen LogP contribution in [0.1, 0.15) is 40.0 Å². The van der Waals surface area contributed by atoms with Crippen molar-refractivity contribution in [3.8, 4) is 5.75 Å². The van der Waals surface area contributed by atoms with E-state index in [4.69, 9.17) is 14.2 Å². The van der Waals surface area contributed by atoms with Gasteiger partial charge in [0.05, 0.1) is 4.92 Å². The third kappa shape index (κ3) is 6.21. The Morgan fingerprint density at radius 3 is 2.57 bits per heavy atom. The lowest BCUT2D eigenvalue weighted by Crippen LogP contribution is -2.37. The average Bonchev–Trinajstić information content (AvgIpc) is 2.64. The molecule has 1 saturated carbocycles. The van der Waals surface area contributed by atoms with Gasteiger partial charge in [0.1, 0.15) is 6.10 Å². The van der Waals surface area contributed by atoms with Gasteiger partial charge in [0, 0.05) is 6.07 Å². The van der Waals surface area contributed by atoms with E-state index >= 15 is 0 Å². The molecule has 8 nitrogen and oxygen atoms in total. The van der Waals surface area contributed by atoms with Gasteiger partial charge in [0.15, 0.2) is 19.0 Å². The summed E-state index contributed by atoms with van der Waals surface area (Å²) in [5.74, 6) is -0.231. The second-order valence-electron chi connectivity index (χ2n) is 7.53. The molecule has 1 aliphatic carbocycles. The Morgan fingerprint density at radius 2 is 1.89 bits per heavy atom. The number of para-hydroxylation sites is 2. The summed E-state index contributed by atoms with van der Waals surface area (Å²) in [6, 6.07) is 5.71. The predicted octanol–water partition coefficient (Wildman–Crippen LogP) is 3.52. The van der Waals surface area contributed by atoms with Crippen LogP contribution in [0.15, 0.2) is 24.3 Å². The van der Waals surface area contributed by atoms with Gasteiger partial charge in [-0.25, -0.2) is 9.59 Å². The molecule has 154 valence electrons. The fourth-order valence-corrected chi connectivity index (χ4v) is 3.50. The average molecular weight is 393 g/mol. The summed E-state index contributed by atoms with van der Waals surface area (Å²) in [6.45, 7) is 5.32. The van der Waals surface area contributed by atoms with Gasteiger partial charge in [-0.2, -0.15) is 0 Å². The molecule has 28 heavy (non-hydrogen) atoms. The van der Waals surface area contributed by atoms with Crippen LogP contribution in [0.25, 0.3) is 0 Å². The van der Waals surface area contributed by atoms with Crippen molar-refractivity contribution < 1.29 is 28.7 Å². The van der Waals surface area contributed by atoms with E-state index in [0.29, 0.717) is 17.8 Å². The minimum Gasteiger partial charge on any atom is -0.475 e. The van der Waals surface area contributed by atoms with Gasteiger partial charge in [-0.3, -0.25) is 10.1 Å². The third-order valence-corrected chi connectivity index (χ3v) is 5.00. The molecule has 0 heterocycles. The summed E-state index contributed by atoms with van der Waals surface area (Å²) in [7, 11) is 0. The maximum atomic E-state index is 12.1. The van der Waals surface area contributed by atoms with E-state index in [1.807, 2.05) is 0 Å². The normalized spacial score (nSPS) is 21.8. The molecular weight excluding hydrogens is 366 g/mol. The van der Waals surface area contributed by atoms with E-state index in [1.54, 1.807) is 6.07 Å². The van der Waals surface area contributed by atoms with Crippen LogP contribution in [-0.4, -0.2) is 36.2 Å². The van der Waals surface area contributed by atoms with E-state index in [2.05, 4.69) is 20.8 Å². The molecule has 1 aliphatic rings. The maximum Gasteiger partial charge on any atom is 0.344 e. The lowest BCUT2D eigenvalue weighted by atomic mass is 9.75. The quantitative estimate of drug-likeness (QED) is 0.378. The first-order valence-electron chi connectivity index (χ1n) is 9.49. The molecule has 0 radical (unpaired) electrons. The van der Waals surface area contributed by atoms with Crippen LogP contribution in [0.2, 0.25) is 0 Å². The highest BCUT2D eigenvalue weighted by Crippen LogP contribution is 2.35. The van der Waals surface area contributed by atoms with Gasteiger partial charge < -0.3 is 14.2 Å². The molecule has 1 fully saturated rings. The summed E-state index contributed by atoms with van der Waals surface area (Å²) in [6.07, 6.45) is 2.77. The number of esters is 2. The van der Waals surface area contributed by atoms with Crippen LogP contribution in [0.5, 0.6) is 5.75 Å². The molecule has 8 heteroatoms. The van der Waals surface area contributed by atoms with Crippen LogP contribution in [0.4, 0.5) is 5.69 Å². The SMILES string of the molecule is CC(C)[C@H]1CC[C@H](C)C[C@@H]1OC(=O)COC(=O)COc1ccccc1[N+](=O)[O-]. The van der Waals surface area contributed by atoms with Crippen molar-refractivity contribution in [1.82, 2.24) is 0 Å². The summed E-state index contributed by atoms with van der Waals surface area (Å²) in [5, 5.41) is 10.9. The number of hydrogen-bond acceptors (Lipinski definition) is 7. The molecule has 1 aromatic carbocycles. The lowest BCUT2D eigenvalue weighted by Gasteiger charge is -2.36. The van der Waals surface area contributed by atoms with Crippen molar-refractivity contribution in [3.05, 3.63) is 34.4 Å². The standard InChI is InChI=1S/C20H27NO7/c1-13(2)15-9-8-14(3)10-18(15)28-20(23)12-27-19(22)11-26-17-7-5-4-6-16(17)21(24)25/h4-7,13-15,18H,8-12H2,1-3H3/t14-,15+,18-/m0/s1. The molecule has 0 unspecified atom stereocenters. The van der Waals surface area contributed by atoms with Crippen molar-refractivity contribution >= 4 is 17.6 Å². The summed E-state index contributed by atoms with van der Waals surface area (Å²) in [4.78, 5) is 34.2. The Hall–Kier alpha value is -2.64. The number of nitro benzene ring substituents is 1. The van der Waals surface area contributed by atoms with E-state index in [9.17, 15) is 19.7 Å². The molecule has 0 amide bonds. The van der Waals surface area contributed by atoms with Gasteiger partial charge in [0.25, 0.3) is 0 Å². The van der Waals surface area contributed by atoms with Gasteiger partial charge >= 0.3 is 17.6 Å². The Kier molecular flexibility index (Phi) is 7.78. The van der Waals surface area contributed by atoms with Gasteiger partial charge in [-0.05, 0) is 36.7 Å². The first-order chi connectivity index (χ1) is 13.3. The Morgan fingerprint density at radius 1 is 1.18 bits per heavy atom. The summed E-state index contributed by atoms with van der Waals surface area (Å²) >= 11 is 0. The largest absolute Gasteiger partial charge is 0.475 e. The van der Waals surface area contributed by atoms with Crippen LogP contribution in [0.3, 0.4) is 0 Å². The Labute approximate surface area is 164 Å². The molecular formula is C20H27NO7. The highest BCUT2D eigenvalue weighted by atomic mass is 16.6. The van der Waals surface area contributed by atoms with Crippen molar-refractivity contribution in [2.75, 3.05) is 13.2 Å². The zero-order valence-electron chi connectivity index (χ0n) is 16.5. The molecule has 3 atom stereocenters. The van der Waals surface area contributed by atoms with E-state index in [-0.39, 0.29) is 17.5 Å². The first kappa shape index (κ1) is 21.7. The topological polar surface area (TPSA) is 105 Å². The van der Waals surface area contributed by atoms with Gasteiger partial charge in [-0.15, -0.1) is 0 Å². The third-order valence-electron chi connectivity index (χ3n) is 5.00. The Bertz CT molecular complexity index is 704. The highest BCUT2D eigenvalue weighted by Gasteiger charge is 2.33. The van der Waals surface area contributed by atoms with Crippen molar-refractivity contribution in [3.63, 3.8) is 0 Å². The number of hydrogen-bond donors (Lipinski definition) is 0. The summed E-state index contributed by atoms with van der Waals surface area (Å²) in [5.41, 5.74) is -0.249. The predicted molar refractivity (Wildman–Crippen MR) is 101 cm³/mol. The van der Waals surface area contributed by atoms with Crippen molar-refractivity contribution in [2.45, 2.75) is 46.1 Å². The number of carbonyl (C=O) groups is 2. The van der Waals surface area contributed by atoms with E-state index in [0.717, 1.165) is 19.3 Å². The molecule has 0 aliphatic heterocycles. The molecule has 0 saturated heterocycles. The van der Waals surface area contributed by atoms with Gasteiger partial charge in [0.2, 0.25) is 0 Å². The monoisotopic (exact) mass is 393 g/mol. The molecule has 1 aromatic rings. The van der Waals surface area contributed by atoms with Crippen molar-refractivity contribution in [2.24, 2.45) is 17.8 Å². The van der Waals surface area contributed by atoms with Crippen LogP contribution < -0.4 is 4.74 Å². The molecule has 0 aromatic heterocycles. The van der Waals surface area contributed by atoms with E-state index in [1.165, 1.54) is 18.2 Å². The van der Waals surface area contributed by atoms with E-state index < -0.39 is 30.1 Å². The second-order valence-corrected chi connectivity index (χ2v) is 7.53. The number of ether oxygens (including phenoxy) is 3. The molecule has 2 rings (SSSR count). The molecule has 0 bridgehead atoms. The zero-order valence-corrected chi connectivity index (χ0v) is 16.5. The number of rotatable bonds is 8. The molecule has 0 N–H and O–H groups in total. The number of benzene rings is 1. The van der Waals surface area contributed by atoms with Crippen LogP contribution in [-0.2, 0) is 19.1 Å². The maximum absolute atomic E-state index is 12.1. The first-order valence-corrected chi connectivity index (χ1v) is 9.49. The number of nitrogens with zero attached hydrogens (tertiary/aromatic N) is 1. The minimum atomic E-state index is -0.799. The Balaban J connectivity index is 1.79. The van der Waals surface area contributed by atoms with Gasteiger partial charge in [-0.1, -0.05) is 39.3 Å². The zero-order chi connectivity index (χ0) is 20.7. The second kappa shape index (κ2) is 10.1. The van der Waals surface area contributed by atoms with Crippen LogP contribution >= 0.6 is 0 Å². The fraction of sp³-hybridized carbons (Fsp3) is 0.600. The van der Waals surface area contributed by atoms with Crippen LogP contribution in [0, 0.1) is 27.9 Å². The lowest BCUT2D eigenvalue weighted by molar-refractivity contribution is -0.385. The smallest absolute Gasteiger partial charge is 0.344 e. The number of carbonyl (C=O) groups excluding carboxylic acids is 2. The summed E-state index contributed by atoms with van der Waals surface area (Å²) < 4.78 is 15.6. The highest BCUT2D eigenvalue weighted by molar-refractivity contribution is 5.77. The number of nitro groups is 1. The van der Waals surface area contributed by atoms with Crippen molar-refractivity contribution in [1.29, 1.82) is 0 Å². The minimum absolute atomic E-state index is 0.0389.